The number of nitro benzene ring substituents is 1. The summed E-state index contributed by atoms with van der Waals surface area (Å²) in [5, 5.41) is 11.1. The van der Waals surface area contributed by atoms with Gasteiger partial charge in [-0.05, 0) is 32.3 Å². The molecule has 24 heavy (non-hydrogen) atoms. The number of rotatable bonds is 4. The Balaban J connectivity index is 1.71. The van der Waals surface area contributed by atoms with Crippen LogP contribution in [0.4, 0.5) is 15.8 Å². The lowest BCUT2D eigenvalue weighted by Gasteiger charge is -2.38. The van der Waals surface area contributed by atoms with Gasteiger partial charge in [0.25, 0.3) is 0 Å². The molecule has 3 rings (SSSR count). The minimum absolute atomic E-state index is 0.000287. The number of nitrogens with zero attached hydrogens (tertiary/aromatic N) is 3. The van der Waals surface area contributed by atoms with E-state index >= 15 is 0 Å². The minimum Gasteiger partial charge on any atom is -0.490 e. The summed E-state index contributed by atoms with van der Waals surface area (Å²) < 4.78 is 18.7. The van der Waals surface area contributed by atoms with Crippen molar-refractivity contribution in [3.63, 3.8) is 0 Å². The van der Waals surface area contributed by atoms with Gasteiger partial charge in [-0.3, -0.25) is 15.0 Å². The molecule has 2 fully saturated rings. The summed E-state index contributed by atoms with van der Waals surface area (Å²) in [6, 6.07) is 3.77. The zero-order chi connectivity index (χ0) is 17.3. The van der Waals surface area contributed by atoms with E-state index in [-0.39, 0.29) is 5.69 Å². The fraction of sp³-hybridized carbons (Fsp3) is 0.647. The van der Waals surface area contributed by atoms with Gasteiger partial charge in [0, 0.05) is 49.5 Å². The van der Waals surface area contributed by atoms with Crippen LogP contribution in [0, 0.1) is 17.0 Å². The van der Waals surface area contributed by atoms with Crippen LogP contribution in [0.25, 0.3) is 0 Å². The standard InChI is InChI=1S/C17H24FN3O3/c1-12-15(3-4-16(21(22)23)17(12)24-2)19-9-6-14(7-10-19)20-8-5-13(18)11-20/h3-4,13-14H,5-11H2,1-2H3/t13-/m1/s1. The largest absolute Gasteiger partial charge is 0.490 e. The maximum atomic E-state index is 13.4. The van der Waals surface area contributed by atoms with E-state index in [4.69, 9.17) is 4.74 Å². The van der Waals surface area contributed by atoms with E-state index in [0.29, 0.717) is 24.8 Å². The lowest BCUT2D eigenvalue weighted by molar-refractivity contribution is -0.385. The average molecular weight is 337 g/mol. The van der Waals surface area contributed by atoms with Crippen molar-refractivity contribution in [3.8, 4) is 5.75 Å². The predicted octanol–water partition coefficient (Wildman–Crippen LogP) is 2.92. The number of methoxy groups -OCH3 is 1. The number of anilines is 1. The molecule has 0 aromatic heterocycles. The molecule has 2 heterocycles. The van der Waals surface area contributed by atoms with Gasteiger partial charge >= 0.3 is 5.69 Å². The van der Waals surface area contributed by atoms with Crippen LogP contribution in [0.15, 0.2) is 12.1 Å². The molecule has 0 amide bonds. The number of nitro groups is 1. The Labute approximate surface area is 141 Å². The molecule has 132 valence electrons. The van der Waals surface area contributed by atoms with E-state index < -0.39 is 11.1 Å². The average Bonchev–Trinajstić information content (AvgIpc) is 3.01. The van der Waals surface area contributed by atoms with Crippen LogP contribution in [-0.2, 0) is 0 Å². The molecule has 2 aliphatic heterocycles. The van der Waals surface area contributed by atoms with Gasteiger partial charge in [-0.1, -0.05) is 0 Å². The number of alkyl halides is 1. The van der Waals surface area contributed by atoms with Crippen LogP contribution >= 0.6 is 0 Å². The Bertz CT molecular complexity index is 617. The van der Waals surface area contributed by atoms with E-state index in [1.165, 1.54) is 13.2 Å². The minimum atomic E-state index is -0.677. The summed E-state index contributed by atoms with van der Waals surface area (Å²) in [6.45, 7) is 5.03. The van der Waals surface area contributed by atoms with Crippen molar-refractivity contribution in [3.05, 3.63) is 27.8 Å². The van der Waals surface area contributed by atoms with Gasteiger partial charge in [0.2, 0.25) is 5.75 Å². The van der Waals surface area contributed by atoms with Gasteiger partial charge < -0.3 is 9.64 Å². The number of piperidine rings is 1. The molecule has 2 saturated heterocycles. The summed E-state index contributed by atoms with van der Waals surface area (Å²) >= 11 is 0. The highest BCUT2D eigenvalue weighted by molar-refractivity contribution is 5.66. The van der Waals surface area contributed by atoms with Crippen molar-refractivity contribution in [1.29, 1.82) is 0 Å². The lowest BCUT2D eigenvalue weighted by Crippen LogP contribution is -2.44. The first-order valence-electron chi connectivity index (χ1n) is 8.46. The van der Waals surface area contributed by atoms with Crippen LogP contribution in [0.1, 0.15) is 24.8 Å². The number of ether oxygens (including phenoxy) is 1. The fourth-order valence-electron chi connectivity index (χ4n) is 3.96. The molecule has 2 aliphatic rings. The van der Waals surface area contributed by atoms with Crippen molar-refractivity contribution in [2.24, 2.45) is 0 Å². The van der Waals surface area contributed by atoms with Crippen molar-refractivity contribution in [1.82, 2.24) is 4.90 Å². The molecule has 0 saturated carbocycles. The highest BCUT2D eigenvalue weighted by Crippen LogP contribution is 2.38. The zero-order valence-electron chi connectivity index (χ0n) is 14.2. The Morgan fingerprint density at radius 1 is 1.25 bits per heavy atom. The summed E-state index contributed by atoms with van der Waals surface area (Å²) in [6.07, 6.45) is 1.96. The van der Waals surface area contributed by atoms with Gasteiger partial charge in [-0.15, -0.1) is 0 Å². The number of benzene rings is 1. The van der Waals surface area contributed by atoms with E-state index in [9.17, 15) is 14.5 Å². The number of hydrogen-bond donors (Lipinski definition) is 0. The Morgan fingerprint density at radius 2 is 1.96 bits per heavy atom. The molecular formula is C17H24FN3O3. The number of likely N-dealkylation sites (tertiary alicyclic amines) is 1. The smallest absolute Gasteiger partial charge is 0.311 e. The summed E-state index contributed by atoms with van der Waals surface area (Å²) in [4.78, 5) is 15.2. The van der Waals surface area contributed by atoms with E-state index in [1.807, 2.05) is 13.0 Å². The van der Waals surface area contributed by atoms with Crippen molar-refractivity contribution in [2.75, 3.05) is 38.2 Å². The first kappa shape index (κ1) is 17.0. The maximum absolute atomic E-state index is 13.4. The molecule has 6 nitrogen and oxygen atoms in total. The summed E-state index contributed by atoms with van der Waals surface area (Å²) in [7, 11) is 1.46. The monoisotopic (exact) mass is 337 g/mol. The normalized spacial score (nSPS) is 22.8. The molecule has 1 atom stereocenters. The van der Waals surface area contributed by atoms with E-state index in [2.05, 4.69) is 9.80 Å². The molecule has 1 aromatic carbocycles. The van der Waals surface area contributed by atoms with Gasteiger partial charge in [0.05, 0.1) is 12.0 Å². The molecule has 0 N–H and O–H groups in total. The second kappa shape index (κ2) is 6.93. The van der Waals surface area contributed by atoms with Crippen molar-refractivity contribution in [2.45, 2.75) is 38.4 Å². The van der Waals surface area contributed by atoms with Crippen molar-refractivity contribution < 1.29 is 14.1 Å². The Hall–Kier alpha value is -1.89. The van der Waals surface area contributed by atoms with Crippen LogP contribution < -0.4 is 9.64 Å². The maximum Gasteiger partial charge on any atom is 0.311 e. The topological polar surface area (TPSA) is 58.9 Å². The Morgan fingerprint density at radius 3 is 2.50 bits per heavy atom. The van der Waals surface area contributed by atoms with Gasteiger partial charge in [-0.25, -0.2) is 4.39 Å². The molecule has 0 aliphatic carbocycles. The van der Waals surface area contributed by atoms with Crippen LogP contribution in [0.2, 0.25) is 0 Å². The molecule has 0 bridgehead atoms. The van der Waals surface area contributed by atoms with E-state index in [1.54, 1.807) is 0 Å². The molecule has 1 aromatic rings. The number of halogens is 1. The third-order valence-electron chi connectivity index (χ3n) is 5.24. The summed E-state index contributed by atoms with van der Waals surface area (Å²) in [5.74, 6) is 0.333. The van der Waals surface area contributed by atoms with Gasteiger partial charge in [-0.2, -0.15) is 0 Å². The second-order valence-corrected chi connectivity index (χ2v) is 6.62. The third kappa shape index (κ3) is 3.17. The third-order valence-corrected chi connectivity index (χ3v) is 5.24. The molecule has 0 unspecified atom stereocenters. The molecule has 0 spiro atoms. The highest BCUT2D eigenvalue weighted by atomic mass is 19.1. The zero-order valence-corrected chi connectivity index (χ0v) is 14.2. The fourth-order valence-corrected chi connectivity index (χ4v) is 3.96. The SMILES string of the molecule is COc1c([N+](=O)[O-])ccc(N2CCC(N3CC[C@@H](F)C3)CC2)c1C. The molecule has 0 radical (unpaired) electrons. The first-order valence-corrected chi connectivity index (χ1v) is 8.46. The molecule has 7 heteroatoms. The number of hydrogen-bond acceptors (Lipinski definition) is 5. The van der Waals surface area contributed by atoms with Crippen LogP contribution in [0.5, 0.6) is 5.75 Å². The predicted molar refractivity (Wildman–Crippen MR) is 90.7 cm³/mol. The van der Waals surface area contributed by atoms with E-state index in [0.717, 1.165) is 43.7 Å². The highest BCUT2D eigenvalue weighted by Gasteiger charge is 2.31. The first-order chi connectivity index (χ1) is 11.5. The van der Waals surface area contributed by atoms with Gasteiger partial charge in [0.1, 0.15) is 6.17 Å². The summed E-state index contributed by atoms with van der Waals surface area (Å²) in [5.41, 5.74) is 1.79. The van der Waals surface area contributed by atoms with Gasteiger partial charge in [0.15, 0.2) is 0 Å². The second-order valence-electron chi connectivity index (χ2n) is 6.62. The van der Waals surface area contributed by atoms with Crippen molar-refractivity contribution >= 4 is 11.4 Å². The Kier molecular flexibility index (Phi) is 4.89. The van der Waals surface area contributed by atoms with Crippen LogP contribution in [-0.4, -0.2) is 55.3 Å². The molecular weight excluding hydrogens is 313 g/mol. The lowest BCUT2D eigenvalue weighted by atomic mass is 10.0. The quantitative estimate of drug-likeness (QED) is 0.624. The van der Waals surface area contributed by atoms with Crippen LogP contribution in [0.3, 0.4) is 0 Å².